The standard InChI is InChI=1S/C26H17ClF5N5O3/c1-13-5-22(36-24-33-11-21(37(13)24)15-9-34-25(38-2)35-10-15)39-12-14-6-19(28)23(20(29)7-14)40-16-3-4-18(27)17(8-16)26(30,31)32/h3-11H,12H2,1-2H3. The second kappa shape index (κ2) is 10.6. The molecule has 3 heterocycles. The number of methoxy groups -OCH3 is 1. The van der Waals surface area contributed by atoms with Crippen LogP contribution in [-0.2, 0) is 12.8 Å². The maximum atomic E-state index is 14.7. The fourth-order valence-corrected chi connectivity index (χ4v) is 4.05. The van der Waals surface area contributed by atoms with E-state index in [-0.39, 0.29) is 24.1 Å². The molecule has 40 heavy (non-hydrogen) atoms. The number of hydrogen-bond donors (Lipinski definition) is 0. The molecule has 0 fully saturated rings. The number of hydrogen-bond acceptors (Lipinski definition) is 7. The SMILES string of the molecule is COc1ncc(-c2cnc3nc(OCc4cc(F)c(Oc5ccc(Cl)c(C(F)(F)F)c5)c(F)c4)cc(C)n23)cn1. The van der Waals surface area contributed by atoms with E-state index in [0.29, 0.717) is 28.8 Å². The van der Waals surface area contributed by atoms with Gasteiger partial charge in [-0.3, -0.25) is 4.40 Å². The highest BCUT2D eigenvalue weighted by Gasteiger charge is 2.33. The van der Waals surface area contributed by atoms with Crippen LogP contribution < -0.4 is 14.2 Å². The molecule has 0 aliphatic carbocycles. The van der Waals surface area contributed by atoms with Crippen LogP contribution in [0.25, 0.3) is 17.0 Å². The Morgan fingerprint density at radius 1 is 0.950 bits per heavy atom. The number of imidazole rings is 1. The number of fused-ring (bicyclic) bond motifs is 1. The van der Waals surface area contributed by atoms with Crippen LogP contribution in [0.5, 0.6) is 23.4 Å². The van der Waals surface area contributed by atoms with Crippen molar-refractivity contribution in [2.45, 2.75) is 19.7 Å². The molecule has 5 aromatic rings. The first-order chi connectivity index (χ1) is 19.0. The van der Waals surface area contributed by atoms with Crippen molar-refractivity contribution in [2.75, 3.05) is 7.11 Å². The zero-order valence-corrected chi connectivity index (χ0v) is 21.4. The molecule has 8 nitrogen and oxygen atoms in total. The third kappa shape index (κ3) is 5.45. The minimum atomic E-state index is -4.77. The Kier molecular flexibility index (Phi) is 7.15. The summed E-state index contributed by atoms with van der Waals surface area (Å²) in [6.07, 6.45) is -0.0200. The molecule has 5 rings (SSSR count). The van der Waals surface area contributed by atoms with E-state index in [1.807, 2.05) is 0 Å². The molecule has 0 radical (unpaired) electrons. The van der Waals surface area contributed by atoms with Gasteiger partial charge in [-0.15, -0.1) is 0 Å². The minimum absolute atomic E-state index is 0.0909. The highest BCUT2D eigenvalue weighted by molar-refractivity contribution is 6.31. The van der Waals surface area contributed by atoms with E-state index in [1.165, 1.54) is 7.11 Å². The van der Waals surface area contributed by atoms with E-state index in [2.05, 4.69) is 19.9 Å². The number of benzene rings is 2. The van der Waals surface area contributed by atoms with E-state index < -0.39 is 39.9 Å². The maximum Gasteiger partial charge on any atom is 0.417 e. The quantitative estimate of drug-likeness (QED) is 0.196. The molecular weight excluding hydrogens is 561 g/mol. The van der Waals surface area contributed by atoms with Gasteiger partial charge in [0.05, 0.1) is 29.6 Å². The largest absolute Gasteiger partial charge is 0.473 e. The van der Waals surface area contributed by atoms with Crippen LogP contribution >= 0.6 is 11.6 Å². The van der Waals surface area contributed by atoms with Crippen LogP contribution in [0.1, 0.15) is 16.8 Å². The predicted molar refractivity (Wildman–Crippen MR) is 133 cm³/mol. The van der Waals surface area contributed by atoms with Gasteiger partial charge in [0.15, 0.2) is 17.4 Å². The van der Waals surface area contributed by atoms with Crippen molar-refractivity contribution in [3.05, 3.63) is 88.5 Å². The second-order valence-electron chi connectivity index (χ2n) is 8.39. The summed E-state index contributed by atoms with van der Waals surface area (Å²) < 4.78 is 86.1. The lowest BCUT2D eigenvalue weighted by molar-refractivity contribution is -0.137. The smallest absolute Gasteiger partial charge is 0.417 e. The molecule has 0 atom stereocenters. The normalized spacial score (nSPS) is 11.6. The first-order valence-corrected chi connectivity index (χ1v) is 11.8. The van der Waals surface area contributed by atoms with Crippen LogP contribution in [0.2, 0.25) is 5.02 Å². The molecule has 0 saturated carbocycles. The molecule has 206 valence electrons. The molecular formula is C26H17ClF5N5O3. The van der Waals surface area contributed by atoms with Crippen LogP contribution in [0, 0.1) is 18.6 Å². The summed E-state index contributed by atoms with van der Waals surface area (Å²) in [5.74, 6) is -3.13. The van der Waals surface area contributed by atoms with E-state index in [0.717, 1.165) is 24.3 Å². The fraction of sp³-hybridized carbons (Fsp3) is 0.154. The number of halogens is 6. The Bertz CT molecular complexity index is 1690. The number of ether oxygens (including phenoxy) is 3. The summed E-state index contributed by atoms with van der Waals surface area (Å²) in [5.41, 5.74) is 0.948. The van der Waals surface area contributed by atoms with Crippen molar-refractivity contribution in [3.8, 4) is 34.6 Å². The predicted octanol–water partition coefficient (Wildman–Crippen LogP) is 6.83. The molecule has 0 bridgehead atoms. The highest BCUT2D eigenvalue weighted by atomic mass is 35.5. The molecule has 0 spiro atoms. The molecule has 3 aromatic heterocycles. The molecule has 2 aromatic carbocycles. The summed E-state index contributed by atoms with van der Waals surface area (Å²) in [4.78, 5) is 16.8. The maximum absolute atomic E-state index is 14.7. The zero-order chi connectivity index (χ0) is 28.6. The summed E-state index contributed by atoms with van der Waals surface area (Å²) in [6, 6.07) is 6.29. The second-order valence-corrected chi connectivity index (χ2v) is 8.80. The Morgan fingerprint density at radius 2 is 1.65 bits per heavy atom. The van der Waals surface area contributed by atoms with Gasteiger partial charge in [0, 0.05) is 29.7 Å². The van der Waals surface area contributed by atoms with E-state index in [1.54, 1.807) is 36.0 Å². The molecule has 14 heteroatoms. The van der Waals surface area contributed by atoms with E-state index in [9.17, 15) is 22.0 Å². The number of aryl methyl sites for hydroxylation is 1. The van der Waals surface area contributed by atoms with Crippen molar-refractivity contribution in [3.63, 3.8) is 0 Å². The zero-order valence-electron chi connectivity index (χ0n) is 20.6. The molecule has 0 aliphatic heterocycles. The van der Waals surface area contributed by atoms with Gasteiger partial charge in [-0.05, 0) is 42.8 Å². The van der Waals surface area contributed by atoms with Crippen molar-refractivity contribution < 1.29 is 36.2 Å². The summed E-state index contributed by atoms with van der Waals surface area (Å²) in [7, 11) is 1.46. The number of rotatable bonds is 7. The average Bonchev–Trinajstić information content (AvgIpc) is 3.34. The third-order valence-corrected chi connectivity index (χ3v) is 5.98. The van der Waals surface area contributed by atoms with Gasteiger partial charge in [-0.25, -0.2) is 23.7 Å². The first-order valence-electron chi connectivity index (χ1n) is 11.4. The lowest BCUT2D eigenvalue weighted by Gasteiger charge is -2.13. The Balaban J connectivity index is 1.33. The van der Waals surface area contributed by atoms with Gasteiger partial charge in [-0.1, -0.05) is 11.6 Å². The summed E-state index contributed by atoms with van der Waals surface area (Å²) >= 11 is 5.58. The molecule has 0 saturated heterocycles. The average molecular weight is 578 g/mol. The van der Waals surface area contributed by atoms with Gasteiger partial charge in [0.1, 0.15) is 12.4 Å². The highest BCUT2D eigenvalue weighted by Crippen LogP contribution is 2.38. The van der Waals surface area contributed by atoms with Gasteiger partial charge < -0.3 is 14.2 Å². The third-order valence-electron chi connectivity index (χ3n) is 5.65. The molecule has 0 N–H and O–H groups in total. The van der Waals surface area contributed by atoms with Crippen LogP contribution in [-0.4, -0.2) is 31.4 Å². The Morgan fingerprint density at radius 3 is 2.30 bits per heavy atom. The number of alkyl halides is 3. The number of nitrogens with zero attached hydrogens (tertiary/aromatic N) is 5. The van der Waals surface area contributed by atoms with Gasteiger partial charge in [0.2, 0.25) is 11.7 Å². The fourth-order valence-electron chi connectivity index (χ4n) is 3.83. The summed E-state index contributed by atoms with van der Waals surface area (Å²) in [6.45, 7) is 1.53. The lowest BCUT2D eigenvalue weighted by atomic mass is 10.2. The van der Waals surface area contributed by atoms with Crippen molar-refractivity contribution in [1.82, 2.24) is 24.3 Å². The van der Waals surface area contributed by atoms with Crippen molar-refractivity contribution in [2.24, 2.45) is 0 Å². The Hall–Kier alpha value is -4.52. The lowest BCUT2D eigenvalue weighted by Crippen LogP contribution is -2.06. The van der Waals surface area contributed by atoms with Crippen molar-refractivity contribution >= 4 is 17.4 Å². The van der Waals surface area contributed by atoms with Crippen LogP contribution in [0.15, 0.2) is 55.0 Å². The molecule has 0 amide bonds. The van der Waals surface area contributed by atoms with E-state index >= 15 is 0 Å². The van der Waals surface area contributed by atoms with Gasteiger partial charge >= 0.3 is 12.2 Å². The van der Waals surface area contributed by atoms with Gasteiger partial charge in [-0.2, -0.15) is 18.2 Å². The minimum Gasteiger partial charge on any atom is -0.473 e. The van der Waals surface area contributed by atoms with Gasteiger partial charge in [0.25, 0.3) is 0 Å². The van der Waals surface area contributed by atoms with Crippen molar-refractivity contribution in [1.29, 1.82) is 0 Å². The number of aromatic nitrogens is 5. The Labute approximate surface area is 228 Å². The molecule has 0 unspecified atom stereocenters. The van der Waals surface area contributed by atoms with Crippen LogP contribution in [0.4, 0.5) is 22.0 Å². The molecule has 0 aliphatic rings. The topological polar surface area (TPSA) is 83.7 Å². The monoisotopic (exact) mass is 577 g/mol. The first kappa shape index (κ1) is 27.1. The summed E-state index contributed by atoms with van der Waals surface area (Å²) in [5, 5.41) is -0.573. The van der Waals surface area contributed by atoms with E-state index in [4.69, 9.17) is 25.8 Å². The van der Waals surface area contributed by atoms with Crippen LogP contribution in [0.3, 0.4) is 0 Å².